The molecule has 0 unspecified atom stereocenters. The molecule has 0 aliphatic rings. The lowest BCUT2D eigenvalue weighted by atomic mass is 10.1. The number of ether oxygens (including phenoxy) is 1. The van der Waals surface area contributed by atoms with Crippen LogP contribution in [0, 0.1) is 0 Å². The molecule has 5 nitrogen and oxygen atoms in total. The fourth-order valence-corrected chi connectivity index (χ4v) is 3.05. The average molecular weight is 328 g/mol. The molecule has 1 aromatic carbocycles. The van der Waals surface area contributed by atoms with Crippen LogP contribution in [0.1, 0.15) is 12.6 Å². The summed E-state index contributed by atoms with van der Waals surface area (Å²) in [7, 11) is 0. The maximum absolute atomic E-state index is 10.9. The second-order valence-corrected chi connectivity index (χ2v) is 6.18. The van der Waals surface area contributed by atoms with Crippen molar-refractivity contribution < 1.29 is 14.6 Å². The van der Waals surface area contributed by atoms with Crippen LogP contribution in [-0.4, -0.2) is 27.1 Å². The lowest BCUT2D eigenvalue weighted by molar-refractivity contribution is -0.136. The molecule has 118 valence electrons. The molecular formula is C17H16N2O3S. The Kier molecular flexibility index (Phi) is 4.16. The number of benzene rings is 1. The van der Waals surface area contributed by atoms with Gasteiger partial charge in [-0.1, -0.05) is 6.58 Å². The van der Waals surface area contributed by atoms with Gasteiger partial charge in [-0.05, 0) is 36.8 Å². The van der Waals surface area contributed by atoms with Gasteiger partial charge in [-0.15, -0.1) is 11.3 Å². The molecule has 0 atom stereocenters. The Bertz CT molecular complexity index is 862. The molecule has 2 heterocycles. The highest BCUT2D eigenvalue weighted by Gasteiger charge is 2.11. The third-order valence-electron chi connectivity index (χ3n) is 3.25. The first-order valence-electron chi connectivity index (χ1n) is 7.08. The van der Waals surface area contributed by atoms with Gasteiger partial charge in [-0.2, -0.15) is 0 Å². The van der Waals surface area contributed by atoms with Crippen molar-refractivity contribution in [2.45, 2.75) is 13.3 Å². The number of fused-ring (bicyclic) bond motifs is 1. The zero-order chi connectivity index (χ0) is 16.4. The van der Waals surface area contributed by atoms with Gasteiger partial charge in [0.25, 0.3) is 0 Å². The monoisotopic (exact) mass is 328 g/mol. The molecule has 3 aromatic rings. The summed E-state index contributed by atoms with van der Waals surface area (Å²) < 4.78 is 7.41. The van der Waals surface area contributed by atoms with E-state index in [4.69, 9.17) is 9.84 Å². The average Bonchev–Trinajstić information content (AvgIpc) is 3.07. The van der Waals surface area contributed by atoms with E-state index < -0.39 is 5.97 Å². The fraction of sp³-hybridized carbons (Fsp3) is 0.176. The van der Waals surface area contributed by atoms with Gasteiger partial charge in [-0.3, -0.25) is 9.20 Å². The van der Waals surface area contributed by atoms with Crippen LogP contribution < -0.4 is 4.74 Å². The Morgan fingerprint density at radius 2 is 2.13 bits per heavy atom. The van der Waals surface area contributed by atoms with E-state index in [0.717, 1.165) is 33.2 Å². The number of carboxylic acid groups (broad SMARTS) is 1. The van der Waals surface area contributed by atoms with Crippen LogP contribution in [-0.2, 0) is 11.2 Å². The summed E-state index contributed by atoms with van der Waals surface area (Å²) in [5, 5.41) is 10.8. The first-order chi connectivity index (χ1) is 11.0. The van der Waals surface area contributed by atoms with Gasteiger partial charge >= 0.3 is 5.97 Å². The van der Waals surface area contributed by atoms with E-state index in [1.54, 1.807) is 0 Å². The fourth-order valence-electron chi connectivity index (χ4n) is 2.18. The molecule has 3 rings (SSSR count). The highest BCUT2D eigenvalue weighted by Crippen LogP contribution is 2.25. The van der Waals surface area contributed by atoms with E-state index in [1.165, 1.54) is 11.3 Å². The molecule has 0 amide bonds. The van der Waals surface area contributed by atoms with Crippen molar-refractivity contribution in [3.05, 3.63) is 53.7 Å². The molecule has 0 fully saturated rings. The van der Waals surface area contributed by atoms with Crippen LogP contribution in [0.25, 0.3) is 16.2 Å². The Morgan fingerprint density at radius 1 is 1.39 bits per heavy atom. The smallest absolute Gasteiger partial charge is 0.309 e. The predicted molar refractivity (Wildman–Crippen MR) is 90.2 cm³/mol. The Morgan fingerprint density at radius 3 is 2.78 bits per heavy atom. The number of rotatable bonds is 6. The number of aliphatic carboxylic acids is 1. The zero-order valence-electron chi connectivity index (χ0n) is 12.7. The van der Waals surface area contributed by atoms with E-state index in [1.807, 2.05) is 47.2 Å². The zero-order valence-corrected chi connectivity index (χ0v) is 13.5. The van der Waals surface area contributed by atoms with Crippen molar-refractivity contribution in [3.8, 4) is 17.0 Å². The standard InChI is InChI=1S/C17H16N2O3S/c1-11(2)9-22-14-5-3-12(4-6-14)15-8-19-13(7-16(20)21)10-23-17(19)18-15/h3-6,8,10H,1,7,9H2,2H3,(H,20,21). The summed E-state index contributed by atoms with van der Waals surface area (Å²) in [6, 6.07) is 7.67. The summed E-state index contributed by atoms with van der Waals surface area (Å²) in [5.41, 5.74) is 3.48. The van der Waals surface area contributed by atoms with Gasteiger partial charge in [0.05, 0.1) is 12.1 Å². The largest absolute Gasteiger partial charge is 0.489 e. The quantitative estimate of drug-likeness (QED) is 0.702. The second kappa shape index (κ2) is 6.26. The first-order valence-corrected chi connectivity index (χ1v) is 7.96. The van der Waals surface area contributed by atoms with Crippen molar-refractivity contribution in [1.82, 2.24) is 9.38 Å². The molecule has 0 spiro atoms. The summed E-state index contributed by atoms with van der Waals surface area (Å²) >= 11 is 1.44. The normalized spacial score (nSPS) is 10.8. The minimum atomic E-state index is -0.848. The molecule has 0 saturated heterocycles. The molecule has 1 N–H and O–H groups in total. The number of aromatic nitrogens is 2. The maximum Gasteiger partial charge on any atom is 0.309 e. The molecule has 0 saturated carbocycles. The van der Waals surface area contributed by atoms with E-state index in [0.29, 0.717) is 6.61 Å². The van der Waals surface area contributed by atoms with Crippen molar-refractivity contribution in [3.63, 3.8) is 0 Å². The van der Waals surface area contributed by atoms with Gasteiger partial charge < -0.3 is 9.84 Å². The second-order valence-electron chi connectivity index (χ2n) is 5.35. The Balaban J connectivity index is 1.83. The van der Waals surface area contributed by atoms with Gasteiger partial charge in [0, 0.05) is 22.8 Å². The summed E-state index contributed by atoms with van der Waals surface area (Å²) in [4.78, 5) is 16.2. The number of imidazole rings is 1. The summed E-state index contributed by atoms with van der Waals surface area (Å²) in [6.45, 7) is 6.22. The lowest BCUT2D eigenvalue weighted by Gasteiger charge is -2.05. The molecule has 2 aromatic heterocycles. The summed E-state index contributed by atoms with van der Waals surface area (Å²) in [5.74, 6) is -0.0664. The number of hydrogen-bond donors (Lipinski definition) is 1. The van der Waals surface area contributed by atoms with Crippen LogP contribution in [0.15, 0.2) is 48.0 Å². The SMILES string of the molecule is C=C(C)COc1ccc(-c2cn3c(CC(=O)O)csc3n2)cc1. The Labute approximate surface area is 137 Å². The number of carbonyl (C=O) groups is 1. The van der Waals surface area contributed by atoms with Gasteiger partial charge in [-0.25, -0.2) is 4.98 Å². The van der Waals surface area contributed by atoms with Gasteiger partial charge in [0.15, 0.2) is 4.96 Å². The highest BCUT2D eigenvalue weighted by atomic mass is 32.1. The highest BCUT2D eigenvalue weighted by molar-refractivity contribution is 7.15. The minimum absolute atomic E-state index is 0.0104. The van der Waals surface area contributed by atoms with Crippen molar-refractivity contribution >= 4 is 22.3 Å². The number of nitrogens with zero attached hydrogens (tertiary/aromatic N) is 2. The van der Waals surface area contributed by atoms with Crippen molar-refractivity contribution in [2.24, 2.45) is 0 Å². The van der Waals surface area contributed by atoms with Crippen LogP contribution >= 0.6 is 11.3 Å². The van der Waals surface area contributed by atoms with E-state index in [2.05, 4.69) is 11.6 Å². The van der Waals surface area contributed by atoms with Gasteiger partial charge in [0.2, 0.25) is 0 Å². The van der Waals surface area contributed by atoms with Crippen LogP contribution in [0.5, 0.6) is 5.75 Å². The third-order valence-corrected chi connectivity index (χ3v) is 4.14. The van der Waals surface area contributed by atoms with Gasteiger partial charge in [0.1, 0.15) is 12.4 Å². The molecule has 0 aliphatic heterocycles. The molecular weight excluding hydrogens is 312 g/mol. The van der Waals surface area contributed by atoms with Crippen molar-refractivity contribution in [2.75, 3.05) is 6.61 Å². The number of carboxylic acids is 1. The number of hydrogen-bond acceptors (Lipinski definition) is 4. The van der Waals surface area contributed by atoms with E-state index in [-0.39, 0.29) is 6.42 Å². The lowest BCUT2D eigenvalue weighted by Crippen LogP contribution is -2.02. The molecule has 0 aliphatic carbocycles. The molecule has 0 bridgehead atoms. The van der Waals surface area contributed by atoms with Crippen LogP contribution in [0.2, 0.25) is 0 Å². The topological polar surface area (TPSA) is 63.8 Å². The van der Waals surface area contributed by atoms with Crippen LogP contribution in [0.3, 0.4) is 0 Å². The molecule has 6 heteroatoms. The molecule has 0 radical (unpaired) electrons. The first kappa shape index (κ1) is 15.3. The maximum atomic E-state index is 10.9. The molecule has 23 heavy (non-hydrogen) atoms. The number of thiazole rings is 1. The van der Waals surface area contributed by atoms with E-state index >= 15 is 0 Å². The summed E-state index contributed by atoms with van der Waals surface area (Å²) in [6.07, 6.45) is 1.86. The van der Waals surface area contributed by atoms with Crippen molar-refractivity contribution in [1.29, 1.82) is 0 Å². The van der Waals surface area contributed by atoms with Crippen LogP contribution in [0.4, 0.5) is 0 Å². The third kappa shape index (κ3) is 3.43. The van der Waals surface area contributed by atoms with E-state index in [9.17, 15) is 4.79 Å². The Hall–Kier alpha value is -2.60. The minimum Gasteiger partial charge on any atom is -0.489 e. The predicted octanol–water partition coefficient (Wildman–Crippen LogP) is 3.64.